The number of fused-ring (bicyclic) bond motifs is 1. The molecule has 1 atom stereocenters. The minimum absolute atomic E-state index is 0.0352. The second-order valence-electron chi connectivity index (χ2n) is 5.35. The fraction of sp³-hybridized carbons (Fsp3) is 0.214. The Morgan fingerprint density at radius 1 is 1.46 bits per heavy atom. The third-order valence-electron chi connectivity index (χ3n) is 3.86. The van der Waals surface area contributed by atoms with Gasteiger partial charge < -0.3 is 5.32 Å². The number of halogens is 1. The van der Waals surface area contributed by atoms with Crippen LogP contribution in [0.4, 0.5) is 15.3 Å². The summed E-state index contributed by atoms with van der Waals surface area (Å²) in [6.45, 7) is 0.137. The van der Waals surface area contributed by atoms with E-state index in [1.54, 1.807) is 12.1 Å². The van der Waals surface area contributed by atoms with Crippen molar-refractivity contribution >= 4 is 45.0 Å². The Hall–Kier alpha value is -2.88. The van der Waals surface area contributed by atoms with E-state index in [9.17, 15) is 14.0 Å². The van der Waals surface area contributed by atoms with Gasteiger partial charge in [-0.05, 0) is 12.1 Å². The number of nitrogens with one attached hydrogen (secondary N) is 2. The predicted molar refractivity (Wildman–Crippen MR) is 85.1 cm³/mol. The molecule has 0 radical (unpaired) electrons. The van der Waals surface area contributed by atoms with Gasteiger partial charge in [-0.3, -0.25) is 19.6 Å². The summed E-state index contributed by atoms with van der Waals surface area (Å²) in [5.74, 6) is -1.41. The van der Waals surface area contributed by atoms with E-state index in [-0.39, 0.29) is 36.0 Å². The van der Waals surface area contributed by atoms with Gasteiger partial charge in [-0.2, -0.15) is 5.10 Å². The lowest BCUT2D eigenvalue weighted by Gasteiger charge is -2.14. The van der Waals surface area contributed by atoms with Crippen LogP contribution >= 0.6 is 11.3 Å². The highest BCUT2D eigenvalue weighted by Gasteiger charge is 2.37. The van der Waals surface area contributed by atoms with Crippen molar-refractivity contribution < 1.29 is 14.0 Å². The molecule has 2 N–H and O–H groups in total. The summed E-state index contributed by atoms with van der Waals surface area (Å²) < 4.78 is 14.1. The average Bonchev–Trinajstić information content (AvgIpc) is 3.27. The Balaban J connectivity index is 1.58. The van der Waals surface area contributed by atoms with Gasteiger partial charge in [0.25, 0.3) is 0 Å². The number of hydrogen-bond donors (Lipinski definition) is 2. The van der Waals surface area contributed by atoms with Crippen molar-refractivity contribution in [2.45, 2.75) is 6.42 Å². The van der Waals surface area contributed by atoms with Crippen molar-refractivity contribution in [3.05, 3.63) is 29.5 Å². The average molecular weight is 346 g/mol. The lowest BCUT2D eigenvalue weighted by atomic mass is 10.1. The molecule has 10 heteroatoms. The maximum absolute atomic E-state index is 14.1. The highest BCUT2D eigenvalue weighted by atomic mass is 32.1. The van der Waals surface area contributed by atoms with E-state index in [0.717, 1.165) is 0 Å². The van der Waals surface area contributed by atoms with E-state index in [4.69, 9.17) is 0 Å². The summed E-state index contributed by atoms with van der Waals surface area (Å²) >= 11 is 1.19. The first-order valence-corrected chi connectivity index (χ1v) is 8.01. The number of aromatic amines is 1. The van der Waals surface area contributed by atoms with Gasteiger partial charge in [0.15, 0.2) is 5.82 Å². The van der Waals surface area contributed by atoms with E-state index in [1.165, 1.54) is 27.8 Å². The van der Waals surface area contributed by atoms with E-state index >= 15 is 0 Å². The third-order valence-corrected chi connectivity index (χ3v) is 4.47. The first-order valence-electron chi connectivity index (χ1n) is 7.13. The van der Waals surface area contributed by atoms with Gasteiger partial charge in [0.1, 0.15) is 11.3 Å². The molecular formula is C14H11FN6O2S. The Labute approximate surface area is 138 Å². The van der Waals surface area contributed by atoms with E-state index in [0.29, 0.717) is 10.6 Å². The SMILES string of the molecule is O=C(Nc1nncs1)[C@@H]1CC(=O)N(c2n[nH]c3cccc(F)c23)C1. The first kappa shape index (κ1) is 14.7. The van der Waals surface area contributed by atoms with Gasteiger partial charge in [0, 0.05) is 13.0 Å². The van der Waals surface area contributed by atoms with Crippen LogP contribution in [0.1, 0.15) is 6.42 Å². The van der Waals surface area contributed by atoms with Crippen LogP contribution in [0.2, 0.25) is 0 Å². The van der Waals surface area contributed by atoms with E-state index in [2.05, 4.69) is 25.7 Å². The van der Waals surface area contributed by atoms with Crippen LogP contribution in [0.15, 0.2) is 23.7 Å². The van der Waals surface area contributed by atoms with Crippen LogP contribution in [0.3, 0.4) is 0 Å². The molecule has 1 aliphatic heterocycles. The third kappa shape index (κ3) is 2.40. The summed E-state index contributed by atoms with van der Waals surface area (Å²) in [4.78, 5) is 25.9. The van der Waals surface area contributed by atoms with Crippen molar-refractivity contribution in [3.8, 4) is 0 Å². The number of amides is 2. The smallest absolute Gasteiger partial charge is 0.231 e. The molecule has 1 saturated heterocycles. The number of rotatable bonds is 3. The van der Waals surface area contributed by atoms with Crippen molar-refractivity contribution in [2.75, 3.05) is 16.8 Å². The number of nitrogens with zero attached hydrogens (tertiary/aromatic N) is 4. The standard InChI is InChI=1S/C14H11FN6O2S/c15-8-2-1-3-9-11(8)12(19-18-9)21-5-7(4-10(21)22)13(23)17-14-20-16-6-24-14/h1-3,6-7H,4-5H2,(H,18,19)(H,17,20,23)/t7-/m1/s1. The summed E-state index contributed by atoms with van der Waals surface area (Å²) in [7, 11) is 0. The van der Waals surface area contributed by atoms with E-state index in [1.807, 2.05) is 0 Å². The summed E-state index contributed by atoms with van der Waals surface area (Å²) in [6.07, 6.45) is 0.0352. The van der Waals surface area contributed by atoms with Crippen LogP contribution in [-0.2, 0) is 9.59 Å². The van der Waals surface area contributed by atoms with Gasteiger partial charge in [-0.1, -0.05) is 17.4 Å². The number of anilines is 2. The number of carbonyl (C=O) groups is 2. The monoisotopic (exact) mass is 346 g/mol. The highest BCUT2D eigenvalue weighted by molar-refractivity contribution is 7.13. The van der Waals surface area contributed by atoms with Gasteiger partial charge in [0.2, 0.25) is 16.9 Å². The Morgan fingerprint density at radius 2 is 2.33 bits per heavy atom. The molecule has 1 aromatic carbocycles. The molecule has 3 aromatic rings. The van der Waals surface area contributed by atoms with Gasteiger partial charge in [0.05, 0.1) is 16.8 Å². The molecule has 0 saturated carbocycles. The lowest BCUT2D eigenvalue weighted by Crippen LogP contribution is -2.28. The van der Waals surface area contributed by atoms with Crippen molar-refractivity contribution in [3.63, 3.8) is 0 Å². The zero-order valence-corrected chi connectivity index (χ0v) is 13.0. The van der Waals surface area contributed by atoms with Crippen LogP contribution < -0.4 is 10.2 Å². The van der Waals surface area contributed by atoms with Gasteiger partial charge in [-0.15, -0.1) is 10.2 Å². The first-order chi connectivity index (χ1) is 11.6. The molecule has 3 heterocycles. The van der Waals surface area contributed by atoms with Crippen LogP contribution in [0, 0.1) is 11.7 Å². The Kier molecular flexibility index (Phi) is 3.45. The van der Waals surface area contributed by atoms with Crippen molar-refractivity contribution in [1.82, 2.24) is 20.4 Å². The zero-order valence-electron chi connectivity index (χ0n) is 12.2. The zero-order chi connectivity index (χ0) is 16.7. The minimum atomic E-state index is -0.556. The lowest BCUT2D eigenvalue weighted by molar-refractivity contribution is -0.122. The molecule has 122 valence electrons. The van der Waals surface area contributed by atoms with Crippen molar-refractivity contribution in [2.24, 2.45) is 5.92 Å². The summed E-state index contributed by atoms with van der Waals surface area (Å²) in [5, 5.41) is 17.4. The molecule has 2 amide bonds. The number of carbonyl (C=O) groups excluding carboxylic acids is 2. The topological polar surface area (TPSA) is 104 Å². The molecule has 0 bridgehead atoms. The molecule has 1 aliphatic rings. The highest BCUT2D eigenvalue weighted by Crippen LogP contribution is 2.31. The Bertz CT molecular complexity index is 925. The number of hydrogen-bond acceptors (Lipinski definition) is 6. The fourth-order valence-corrected chi connectivity index (χ4v) is 3.18. The largest absolute Gasteiger partial charge is 0.300 e. The second-order valence-corrected chi connectivity index (χ2v) is 6.18. The summed E-state index contributed by atoms with van der Waals surface area (Å²) in [6, 6.07) is 4.54. The maximum Gasteiger partial charge on any atom is 0.231 e. The van der Waals surface area contributed by atoms with E-state index < -0.39 is 11.7 Å². The molecule has 0 aliphatic carbocycles. The quantitative estimate of drug-likeness (QED) is 0.749. The Morgan fingerprint density at radius 3 is 3.12 bits per heavy atom. The second kappa shape index (κ2) is 5.64. The van der Waals surface area contributed by atoms with Crippen LogP contribution in [-0.4, -0.2) is 38.8 Å². The number of aromatic nitrogens is 4. The molecule has 2 aromatic heterocycles. The summed E-state index contributed by atoms with van der Waals surface area (Å²) in [5.41, 5.74) is 2.00. The molecule has 24 heavy (non-hydrogen) atoms. The van der Waals surface area contributed by atoms with Gasteiger partial charge >= 0.3 is 0 Å². The molecular weight excluding hydrogens is 335 g/mol. The van der Waals surface area contributed by atoms with Crippen molar-refractivity contribution in [1.29, 1.82) is 0 Å². The minimum Gasteiger partial charge on any atom is -0.300 e. The fourth-order valence-electron chi connectivity index (χ4n) is 2.73. The molecule has 0 spiro atoms. The molecule has 8 nitrogen and oxygen atoms in total. The maximum atomic E-state index is 14.1. The normalized spacial score (nSPS) is 17.6. The van der Waals surface area contributed by atoms with Crippen LogP contribution in [0.5, 0.6) is 0 Å². The number of H-pyrrole nitrogens is 1. The number of benzene rings is 1. The van der Waals surface area contributed by atoms with Crippen LogP contribution in [0.25, 0.3) is 10.9 Å². The predicted octanol–water partition coefficient (Wildman–Crippen LogP) is 1.55. The molecule has 0 unspecified atom stereocenters. The molecule has 4 rings (SSSR count). The van der Waals surface area contributed by atoms with Gasteiger partial charge in [-0.25, -0.2) is 4.39 Å². The molecule has 1 fully saturated rings.